The number of nitrogens with zero attached hydrogens (tertiary/aromatic N) is 16. The van der Waals surface area contributed by atoms with E-state index in [-0.39, 0.29) is 0 Å². The maximum absolute atomic E-state index is 8.22. The average Bonchev–Trinajstić information content (AvgIpc) is 0.727. The van der Waals surface area contributed by atoms with E-state index in [0.717, 1.165) is 269 Å². The van der Waals surface area contributed by atoms with Crippen LogP contribution in [0.2, 0.25) is 0 Å². The van der Waals surface area contributed by atoms with Gasteiger partial charge in [-0.15, -0.1) is 0 Å². The standard InChI is InChI=1S/C92H128N16O8P8/c1-93-45-29-46-94(2)117(93)109-81-65-82(110-118-95(3)47-30-48-96(118)4)74-61-73(81)89(69-37-21-17-22-38-69)75-62-76(84(112-120-99(7)51-32-52-100(120)8)66-83(75)111-119-97(5)49-31-50-98(119)6)91(71-41-25-19-26-42-71)79-64-80(88(116-124-107(15)59-36-60-108(124)16)68-87(79)115-123-105(13)57-35-58-106(123)14)92(72-43-27-20-28-44-72)78-63-77(90(74)70-39-23-18-24-40-70)85(113-121-101(9)53-33-54-102(121)10)67-86(78)114-122-103(11)55-34-56-104(122)12/h17-28,37-44,61-68,89-92H,29-36,45-60H2,1-16H3. The van der Waals surface area contributed by atoms with Crippen LogP contribution in [-0.4, -0.2) is 292 Å². The Labute approximate surface area is 748 Å². The van der Waals surface area contributed by atoms with Gasteiger partial charge < -0.3 is 36.2 Å². The molecule has 8 aliphatic heterocycles. The first-order chi connectivity index (χ1) is 60.1. The second-order valence-electron chi connectivity index (χ2n) is 34.8. The molecule has 0 atom stereocenters. The third kappa shape index (κ3) is 19.6. The lowest BCUT2D eigenvalue weighted by Crippen LogP contribution is -2.35. The Morgan fingerprint density at radius 3 is 0.395 bits per heavy atom. The normalized spacial score (nSPS) is 24.2. The fourth-order valence-corrected chi connectivity index (χ4v) is 33.1. The molecule has 0 spiro atoms. The lowest BCUT2D eigenvalue weighted by atomic mass is 9.75. The Bertz CT molecular complexity index is 4040. The van der Waals surface area contributed by atoms with Crippen molar-refractivity contribution in [2.24, 2.45) is 0 Å². The van der Waals surface area contributed by atoms with Crippen LogP contribution in [0.4, 0.5) is 0 Å². The molecular weight excluding hydrogens is 1700 g/mol. The molecule has 0 aromatic heterocycles. The van der Waals surface area contributed by atoms with Gasteiger partial charge in [0.15, 0.2) is 0 Å². The predicted octanol–water partition coefficient (Wildman–Crippen LogP) is 19.7. The van der Waals surface area contributed by atoms with Crippen molar-refractivity contribution in [1.82, 2.24) is 74.7 Å². The van der Waals surface area contributed by atoms with Crippen LogP contribution in [0, 0.1) is 0 Å². The number of benzene rings is 8. The summed E-state index contributed by atoms with van der Waals surface area (Å²) < 4.78 is 105. The van der Waals surface area contributed by atoms with Crippen LogP contribution in [0.15, 0.2) is 170 Å². The molecule has 8 bridgehead atoms. The van der Waals surface area contributed by atoms with Gasteiger partial charge in [0.05, 0.1) is 0 Å². The number of hydrogen-bond donors (Lipinski definition) is 0. The molecule has 8 heterocycles. The summed E-state index contributed by atoms with van der Waals surface area (Å²) >= 11 is 0. The summed E-state index contributed by atoms with van der Waals surface area (Å²) in [5, 5.41) is 0. The fourth-order valence-electron chi connectivity index (χ4n) is 19.0. The minimum Gasteiger partial charge on any atom is -0.444 e. The highest BCUT2D eigenvalue weighted by atomic mass is 31.2. The van der Waals surface area contributed by atoms with Crippen molar-refractivity contribution in [1.29, 1.82) is 0 Å². The van der Waals surface area contributed by atoms with E-state index in [9.17, 15) is 0 Å². The van der Waals surface area contributed by atoms with Gasteiger partial charge in [-0.25, -0.2) is 74.7 Å². The fraction of sp³-hybridized carbons (Fsp3) is 0.478. The Morgan fingerprint density at radius 2 is 0.282 bits per heavy atom. The molecule has 9 aliphatic rings. The van der Waals surface area contributed by atoms with Crippen molar-refractivity contribution in [3.8, 4) is 46.0 Å². The molecule has 24 nitrogen and oxygen atoms in total. The van der Waals surface area contributed by atoms with Crippen LogP contribution < -0.4 is 36.2 Å². The number of fused-ring (bicyclic) bond motifs is 8. The van der Waals surface area contributed by atoms with E-state index in [0.29, 0.717) is 0 Å². The lowest BCUT2D eigenvalue weighted by molar-refractivity contribution is 0.326. The first kappa shape index (κ1) is 90.9. The zero-order valence-corrected chi connectivity index (χ0v) is 82.6. The van der Waals surface area contributed by atoms with Crippen LogP contribution in [0.1, 0.15) is 142 Å². The van der Waals surface area contributed by atoms with E-state index < -0.39 is 91.3 Å². The molecule has 8 saturated heterocycles. The van der Waals surface area contributed by atoms with Crippen molar-refractivity contribution in [2.75, 3.05) is 217 Å². The maximum Gasteiger partial charge on any atom is 0.247 e. The minimum absolute atomic E-state index is 0.596. The van der Waals surface area contributed by atoms with Crippen molar-refractivity contribution in [2.45, 2.75) is 75.0 Å². The highest BCUT2D eigenvalue weighted by Gasteiger charge is 2.45. The zero-order chi connectivity index (χ0) is 86.1. The summed E-state index contributed by atoms with van der Waals surface area (Å²) in [6.07, 6.45) is 8.14. The van der Waals surface area contributed by atoms with Gasteiger partial charge in [0, 0.05) is 197 Å². The molecule has 124 heavy (non-hydrogen) atoms. The molecule has 0 saturated carbocycles. The molecule has 0 amide bonds. The first-order valence-electron chi connectivity index (χ1n) is 44.2. The Morgan fingerprint density at radius 1 is 0.169 bits per heavy atom. The van der Waals surface area contributed by atoms with Gasteiger partial charge in [0.25, 0.3) is 0 Å². The maximum atomic E-state index is 8.22. The monoisotopic (exact) mass is 1830 g/mol. The van der Waals surface area contributed by atoms with E-state index in [1.807, 2.05) is 0 Å². The summed E-state index contributed by atoms with van der Waals surface area (Å²) in [7, 11) is 24.6. The number of rotatable bonds is 20. The average molecular weight is 1830 g/mol. The molecular formula is C92H128N16O8P8. The van der Waals surface area contributed by atoms with Crippen molar-refractivity contribution >= 4 is 67.6 Å². The van der Waals surface area contributed by atoms with Crippen LogP contribution >= 0.6 is 67.6 Å². The topological polar surface area (TPSA) is 126 Å². The van der Waals surface area contributed by atoms with Crippen molar-refractivity contribution in [3.63, 3.8) is 0 Å². The third-order valence-corrected chi connectivity index (χ3v) is 40.8. The van der Waals surface area contributed by atoms with Gasteiger partial charge in [-0.1, -0.05) is 121 Å². The molecule has 32 heteroatoms. The van der Waals surface area contributed by atoms with Gasteiger partial charge in [-0.3, -0.25) is 0 Å². The molecule has 8 aromatic rings. The molecule has 1 aliphatic carbocycles. The van der Waals surface area contributed by atoms with E-state index in [1.54, 1.807) is 0 Å². The van der Waals surface area contributed by atoms with Gasteiger partial charge in [0.1, 0.15) is 46.0 Å². The third-order valence-electron chi connectivity index (χ3n) is 25.4. The quantitative estimate of drug-likeness (QED) is 0.0671. The minimum atomic E-state index is -1.40. The van der Waals surface area contributed by atoms with Crippen molar-refractivity contribution in [3.05, 3.63) is 237 Å². The molecule has 0 radical (unpaired) electrons. The molecule has 664 valence electrons. The molecule has 8 aromatic carbocycles. The lowest BCUT2D eigenvalue weighted by Gasteiger charge is -2.42. The number of hydrogen-bond acceptors (Lipinski definition) is 24. The first-order valence-corrected chi connectivity index (χ1v) is 53.6. The van der Waals surface area contributed by atoms with Crippen molar-refractivity contribution < 1.29 is 36.2 Å². The highest BCUT2D eigenvalue weighted by Crippen LogP contribution is 2.65. The van der Waals surface area contributed by atoms with Gasteiger partial charge in [-0.2, -0.15) is 0 Å². The zero-order valence-electron chi connectivity index (χ0n) is 75.4. The molecule has 0 N–H and O–H groups in total. The smallest absolute Gasteiger partial charge is 0.247 e. The summed E-state index contributed by atoms with van der Waals surface area (Å²) in [6, 6.07) is 64.3. The van der Waals surface area contributed by atoms with E-state index >= 15 is 0 Å². The summed E-state index contributed by atoms with van der Waals surface area (Å²) in [5.41, 5.74) is 12.0. The highest BCUT2D eigenvalue weighted by molar-refractivity contribution is 7.50. The Kier molecular flexibility index (Phi) is 29.9. The van der Waals surface area contributed by atoms with Crippen LogP contribution in [-0.2, 0) is 0 Å². The summed E-state index contributed by atoms with van der Waals surface area (Å²) in [4.78, 5) is 0. The second kappa shape index (κ2) is 40.8. The van der Waals surface area contributed by atoms with E-state index in [2.05, 4.69) is 357 Å². The second-order valence-corrected chi connectivity index (χ2v) is 51.2. The predicted molar refractivity (Wildman–Crippen MR) is 515 cm³/mol. The largest absolute Gasteiger partial charge is 0.444 e. The van der Waals surface area contributed by atoms with E-state index in [1.165, 1.54) is 0 Å². The Balaban J connectivity index is 1.10. The van der Waals surface area contributed by atoms with Crippen LogP contribution in [0.3, 0.4) is 0 Å². The van der Waals surface area contributed by atoms with Crippen LogP contribution in [0.5, 0.6) is 46.0 Å². The molecule has 17 rings (SSSR count). The summed E-state index contributed by atoms with van der Waals surface area (Å²) in [5.74, 6) is 3.51. The SMILES string of the molecule is CN1CCCN(C)P1Oc1cc(OP2N(C)CCCN2C)c2cc1C(c1ccccc1)c1cc(c(OP3N(C)CCCN3C)cc1OP1N(C)CCCN1C)C(c1ccccc1)c1cc(c(OP3N(C)CCCN3C)cc1OP1N(C)CCCN1C)C(c1ccccc1)c1cc(c(OP3N(C)CCCN3C)cc1OP1N(C)CCCN1C)C2c1ccccc1. The Hall–Kier alpha value is -5.04. The van der Waals surface area contributed by atoms with E-state index in [4.69, 9.17) is 36.2 Å². The molecule has 8 fully saturated rings. The van der Waals surface area contributed by atoms with Crippen LogP contribution in [0.25, 0.3) is 0 Å². The van der Waals surface area contributed by atoms with Gasteiger partial charge in [-0.05, 0) is 211 Å². The molecule has 0 unspecified atom stereocenters. The summed E-state index contributed by atoms with van der Waals surface area (Å²) in [6.45, 7) is 14.1. The van der Waals surface area contributed by atoms with Gasteiger partial charge >= 0.3 is 0 Å². The van der Waals surface area contributed by atoms with Gasteiger partial charge in [0.2, 0.25) is 67.6 Å².